The molecular weight excluding hydrogens is 250 g/mol. The van der Waals surface area contributed by atoms with E-state index in [9.17, 15) is 4.79 Å². The van der Waals surface area contributed by atoms with Crippen molar-refractivity contribution in [2.45, 2.75) is 32.7 Å². The molecule has 2 rings (SSSR count). The third-order valence-corrected chi connectivity index (χ3v) is 3.45. The molecule has 2 heterocycles. The zero-order valence-corrected chi connectivity index (χ0v) is 11.0. The number of aromatic nitrogens is 3. The van der Waals surface area contributed by atoms with E-state index in [4.69, 9.17) is 5.11 Å². The van der Waals surface area contributed by atoms with Gasteiger partial charge in [0.05, 0.1) is 5.69 Å². The van der Waals surface area contributed by atoms with Crippen LogP contribution in [0.15, 0.2) is 16.8 Å². The van der Waals surface area contributed by atoms with Crippen molar-refractivity contribution in [3.8, 4) is 0 Å². The van der Waals surface area contributed by atoms with Crippen LogP contribution in [0.1, 0.15) is 35.1 Å². The van der Waals surface area contributed by atoms with Crippen LogP contribution in [-0.4, -0.2) is 26.1 Å². The summed E-state index contributed by atoms with van der Waals surface area (Å²) < 4.78 is 1.71. The Morgan fingerprint density at radius 2 is 2.33 bits per heavy atom. The van der Waals surface area contributed by atoms with Crippen molar-refractivity contribution in [1.29, 1.82) is 0 Å². The summed E-state index contributed by atoms with van der Waals surface area (Å²) in [6.45, 7) is 2.69. The molecular formula is C12H15N3O2S. The number of carboxylic acid groups (broad SMARTS) is 1. The first-order chi connectivity index (χ1) is 8.72. The molecule has 0 bridgehead atoms. The topological polar surface area (TPSA) is 68.0 Å². The van der Waals surface area contributed by atoms with Crippen LogP contribution in [0.5, 0.6) is 0 Å². The fourth-order valence-electron chi connectivity index (χ4n) is 1.83. The van der Waals surface area contributed by atoms with Gasteiger partial charge < -0.3 is 5.11 Å². The van der Waals surface area contributed by atoms with Gasteiger partial charge in [0.15, 0.2) is 5.69 Å². The number of carboxylic acids is 1. The molecule has 0 aliphatic heterocycles. The molecule has 6 heteroatoms. The van der Waals surface area contributed by atoms with Crippen molar-refractivity contribution in [2.75, 3.05) is 0 Å². The standard InChI is InChI=1S/C12H15N3O2S/c1-2-3-10-11(12(16)17)13-14-15(10)6-4-9-5-7-18-8-9/h5,7-8H,2-4,6H2,1H3,(H,16,17). The lowest BCUT2D eigenvalue weighted by atomic mass is 10.2. The number of nitrogens with zero attached hydrogens (tertiary/aromatic N) is 3. The van der Waals surface area contributed by atoms with Crippen molar-refractivity contribution < 1.29 is 9.90 Å². The Bertz CT molecular complexity index is 519. The highest BCUT2D eigenvalue weighted by Gasteiger charge is 2.17. The molecule has 0 spiro atoms. The quantitative estimate of drug-likeness (QED) is 0.869. The second-order valence-corrected chi connectivity index (χ2v) is 4.82. The van der Waals surface area contributed by atoms with E-state index >= 15 is 0 Å². The lowest BCUT2D eigenvalue weighted by molar-refractivity contribution is 0.0689. The molecule has 0 fully saturated rings. The Morgan fingerprint density at radius 1 is 1.50 bits per heavy atom. The zero-order chi connectivity index (χ0) is 13.0. The van der Waals surface area contributed by atoms with E-state index in [2.05, 4.69) is 21.8 Å². The van der Waals surface area contributed by atoms with Crippen molar-refractivity contribution in [3.63, 3.8) is 0 Å². The Hall–Kier alpha value is -1.69. The Kier molecular flexibility index (Phi) is 4.09. The minimum absolute atomic E-state index is 0.0853. The summed E-state index contributed by atoms with van der Waals surface area (Å²) in [5.74, 6) is -1.000. The Morgan fingerprint density at radius 3 is 2.94 bits per heavy atom. The smallest absolute Gasteiger partial charge is 0.358 e. The van der Waals surface area contributed by atoms with E-state index in [0.29, 0.717) is 13.0 Å². The number of aryl methyl sites for hydroxylation is 2. The van der Waals surface area contributed by atoms with Crippen LogP contribution < -0.4 is 0 Å². The molecule has 0 unspecified atom stereocenters. The van der Waals surface area contributed by atoms with E-state index in [0.717, 1.165) is 18.5 Å². The van der Waals surface area contributed by atoms with Gasteiger partial charge in [-0.05, 0) is 35.2 Å². The van der Waals surface area contributed by atoms with Gasteiger partial charge in [-0.25, -0.2) is 9.48 Å². The normalized spacial score (nSPS) is 10.7. The molecule has 0 amide bonds. The summed E-state index contributed by atoms with van der Waals surface area (Å²) >= 11 is 1.66. The lowest BCUT2D eigenvalue weighted by Crippen LogP contribution is -2.09. The van der Waals surface area contributed by atoms with Gasteiger partial charge in [-0.15, -0.1) is 5.10 Å². The molecule has 0 atom stereocenters. The highest BCUT2D eigenvalue weighted by atomic mass is 32.1. The third kappa shape index (κ3) is 2.76. The van der Waals surface area contributed by atoms with Gasteiger partial charge >= 0.3 is 5.97 Å². The van der Waals surface area contributed by atoms with E-state index in [1.807, 2.05) is 12.3 Å². The van der Waals surface area contributed by atoms with Gasteiger partial charge in [0, 0.05) is 6.54 Å². The van der Waals surface area contributed by atoms with Crippen LogP contribution in [0.4, 0.5) is 0 Å². The number of rotatable bonds is 6. The average molecular weight is 265 g/mol. The summed E-state index contributed by atoms with van der Waals surface area (Å²) in [4.78, 5) is 11.0. The molecule has 0 saturated heterocycles. The first-order valence-corrected chi connectivity index (χ1v) is 6.83. The molecule has 2 aromatic heterocycles. The number of thiophene rings is 1. The van der Waals surface area contributed by atoms with Crippen molar-refractivity contribution in [2.24, 2.45) is 0 Å². The Labute approximate surface area is 109 Å². The van der Waals surface area contributed by atoms with Crippen molar-refractivity contribution in [3.05, 3.63) is 33.8 Å². The van der Waals surface area contributed by atoms with Crippen LogP contribution in [0.2, 0.25) is 0 Å². The van der Waals surface area contributed by atoms with Gasteiger partial charge in [-0.2, -0.15) is 11.3 Å². The number of aromatic carboxylic acids is 1. The second kappa shape index (κ2) is 5.77. The minimum Gasteiger partial charge on any atom is -0.476 e. The molecule has 96 valence electrons. The zero-order valence-electron chi connectivity index (χ0n) is 10.2. The van der Waals surface area contributed by atoms with Crippen molar-refractivity contribution >= 4 is 17.3 Å². The predicted octanol–water partition coefficient (Wildman–Crippen LogP) is 2.23. The molecule has 0 aliphatic carbocycles. The SMILES string of the molecule is CCCc1c(C(=O)O)nnn1CCc1ccsc1. The van der Waals surface area contributed by atoms with Gasteiger partial charge in [0.1, 0.15) is 0 Å². The average Bonchev–Trinajstić information content (AvgIpc) is 2.95. The van der Waals surface area contributed by atoms with Crippen LogP contribution in [-0.2, 0) is 19.4 Å². The summed E-state index contributed by atoms with van der Waals surface area (Å²) in [5, 5.41) is 20.9. The summed E-state index contributed by atoms with van der Waals surface area (Å²) in [7, 11) is 0. The van der Waals surface area contributed by atoms with Crippen LogP contribution in [0.25, 0.3) is 0 Å². The Balaban J connectivity index is 2.14. The van der Waals surface area contributed by atoms with E-state index in [1.165, 1.54) is 5.56 Å². The molecule has 0 saturated carbocycles. The molecule has 2 aromatic rings. The fraction of sp³-hybridized carbons (Fsp3) is 0.417. The minimum atomic E-state index is -1.000. The summed E-state index contributed by atoms with van der Waals surface area (Å²) in [6.07, 6.45) is 2.42. The maximum Gasteiger partial charge on any atom is 0.358 e. The third-order valence-electron chi connectivity index (χ3n) is 2.72. The van der Waals surface area contributed by atoms with Gasteiger partial charge in [-0.1, -0.05) is 18.6 Å². The molecule has 0 aliphatic rings. The predicted molar refractivity (Wildman–Crippen MR) is 69.0 cm³/mol. The van der Waals surface area contributed by atoms with Gasteiger partial charge in [0.25, 0.3) is 0 Å². The number of hydrogen-bond acceptors (Lipinski definition) is 4. The highest BCUT2D eigenvalue weighted by molar-refractivity contribution is 7.07. The maximum absolute atomic E-state index is 11.0. The molecule has 1 N–H and O–H groups in total. The molecule has 0 radical (unpaired) electrons. The summed E-state index contributed by atoms with van der Waals surface area (Å²) in [6, 6.07) is 2.07. The first kappa shape index (κ1) is 12.8. The number of carbonyl (C=O) groups is 1. The number of hydrogen-bond donors (Lipinski definition) is 1. The van der Waals surface area contributed by atoms with Crippen molar-refractivity contribution in [1.82, 2.24) is 15.0 Å². The van der Waals surface area contributed by atoms with Crippen LogP contribution in [0.3, 0.4) is 0 Å². The van der Waals surface area contributed by atoms with E-state index < -0.39 is 5.97 Å². The van der Waals surface area contributed by atoms with E-state index in [1.54, 1.807) is 16.0 Å². The lowest BCUT2D eigenvalue weighted by Gasteiger charge is -2.05. The molecule has 18 heavy (non-hydrogen) atoms. The van der Waals surface area contributed by atoms with Crippen LogP contribution >= 0.6 is 11.3 Å². The first-order valence-electron chi connectivity index (χ1n) is 5.89. The van der Waals surface area contributed by atoms with Gasteiger partial charge in [0.2, 0.25) is 0 Å². The monoisotopic (exact) mass is 265 g/mol. The largest absolute Gasteiger partial charge is 0.476 e. The molecule has 0 aromatic carbocycles. The highest BCUT2D eigenvalue weighted by Crippen LogP contribution is 2.12. The van der Waals surface area contributed by atoms with Crippen LogP contribution in [0, 0.1) is 0 Å². The second-order valence-electron chi connectivity index (χ2n) is 4.04. The maximum atomic E-state index is 11.0. The van der Waals surface area contributed by atoms with E-state index in [-0.39, 0.29) is 5.69 Å². The summed E-state index contributed by atoms with van der Waals surface area (Å²) in [5.41, 5.74) is 2.05. The fourth-order valence-corrected chi connectivity index (χ4v) is 2.54. The molecule has 5 nitrogen and oxygen atoms in total. The van der Waals surface area contributed by atoms with Gasteiger partial charge in [-0.3, -0.25) is 0 Å².